The molecular formula is C27H32N2O7. The van der Waals surface area contributed by atoms with Crippen molar-refractivity contribution in [2.45, 2.75) is 70.3 Å². The zero-order chi connectivity index (χ0) is 25.7. The van der Waals surface area contributed by atoms with Crippen LogP contribution in [0.2, 0.25) is 0 Å². The molecule has 4 rings (SSSR count). The van der Waals surface area contributed by atoms with Gasteiger partial charge in [-0.2, -0.15) is 0 Å². The lowest BCUT2D eigenvalue weighted by atomic mass is 10.1. The van der Waals surface area contributed by atoms with Gasteiger partial charge in [0.2, 0.25) is 12.2 Å². The fourth-order valence-electron chi connectivity index (χ4n) is 4.18. The molecule has 2 unspecified atom stereocenters. The first-order chi connectivity index (χ1) is 17.2. The molecule has 2 aromatic rings. The largest absolute Gasteiger partial charge is 0.488 e. The standard InChI is InChI=1S/C27H32N2O7/c1-27(2,3)36-26(32)29-16-20(34-19-12-8-5-9-13-19)14-22(29)24(31)28-21-15-23(30)35-25(21)33-17-18-10-6-4-7-11-18/h4-13,20-22,25H,14-17H2,1-3H3,(H,28,31)/t20?,21-,22-,25?/m0/s1. The molecule has 4 atom stereocenters. The predicted molar refractivity (Wildman–Crippen MR) is 130 cm³/mol. The molecule has 9 nitrogen and oxygen atoms in total. The van der Waals surface area contributed by atoms with Crippen LogP contribution in [-0.2, 0) is 30.4 Å². The number of hydrogen-bond donors (Lipinski definition) is 1. The Morgan fingerprint density at radius 1 is 1.06 bits per heavy atom. The van der Waals surface area contributed by atoms with E-state index >= 15 is 0 Å². The van der Waals surface area contributed by atoms with Crippen molar-refractivity contribution in [2.75, 3.05) is 6.54 Å². The molecule has 2 aromatic carbocycles. The highest BCUT2D eigenvalue weighted by molar-refractivity contribution is 5.87. The molecule has 2 heterocycles. The lowest BCUT2D eigenvalue weighted by Gasteiger charge is -2.28. The van der Waals surface area contributed by atoms with Crippen molar-refractivity contribution in [3.63, 3.8) is 0 Å². The Morgan fingerprint density at radius 3 is 2.39 bits per heavy atom. The summed E-state index contributed by atoms with van der Waals surface area (Å²) in [5.74, 6) is -0.229. The van der Waals surface area contributed by atoms with Crippen LogP contribution in [0.25, 0.3) is 0 Å². The fourth-order valence-corrected chi connectivity index (χ4v) is 4.18. The van der Waals surface area contributed by atoms with Crippen molar-refractivity contribution in [1.29, 1.82) is 0 Å². The number of esters is 1. The van der Waals surface area contributed by atoms with Crippen LogP contribution in [0.4, 0.5) is 4.79 Å². The molecule has 2 saturated heterocycles. The fraction of sp³-hybridized carbons (Fsp3) is 0.444. The Kier molecular flexibility index (Phi) is 7.79. The van der Waals surface area contributed by atoms with Gasteiger partial charge in [0.1, 0.15) is 29.5 Å². The van der Waals surface area contributed by atoms with Gasteiger partial charge in [-0.05, 0) is 38.5 Å². The van der Waals surface area contributed by atoms with E-state index in [9.17, 15) is 14.4 Å². The molecule has 0 bridgehead atoms. The number of likely N-dealkylation sites (tertiary alicyclic amines) is 1. The Hall–Kier alpha value is -3.59. The smallest absolute Gasteiger partial charge is 0.411 e. The highest BCUT2D eigenvalue weighted by Gasteiger charge is 2.45. The van der Waals surface area contributed by atoms with Crippen LogP contribution >= 0.6 is 0 Å². The number of para-hydroxylation sites is 1. The van der Waals surface area contributed by atoms with E-state index in [2.05, 4.69) is 5.32 Å². The number of cyclic esters (lactones) is 1. The number of rotatable bonds is 7. The number of carbonyl (C=O) groups excluding carboxylic acids is 3. The maximum Gasteiger partial charge on any atom is 0.411 e. The second kappa shape index (κ2) is 11.0. The van der Waals surface area contributed by atoms with Crippen LogP contribution in [0.3, 0.4) is 0 Å². The molecule has 0 aliphatic carbocycles. The van der Waals surface area contributed by atoms with Crippen LogP contribution in [0, 0.1) is 0 Å². The van der Waals surface area contributed by atoms with E-state index in [0.29, 0.717) is 5.75 Å². The maximum absolute atomic E-state index is 13.4. The second-order valence-electron chi connectivity index (χ2n) is 9.91. The van der Waals surface area contributed by atoms with E-state index in [1.807, 2.05) is 60.7 Å². The van der Waals surface area contributed by atoms with Crippen molar-refractivity contribution in [3.05, 3.63) is 66.2 Å². The number of amides is 2. The predicted octanol–water partition coefficient (Wildman–Crippen LogP) is 3.42. The quantitative estimate of drug-likeness (QED) is 0.586. The molecule has 1 N–H and O–H groups in total. The van der Waals surface area contributed by atoms with Gasteiger partial charge in [-0.25, -0.2) is 4.79 Å². The Morgan fingerprint density at radius 2 is 1.72 bits per heavy atom. The van der Waals surface area contributed by atoms with Gasteiger partial charge in [0, 0.05) is 6.42 Å². The van der Waals surface area contributed by atoms with Crippen LogP contribution < -0.4 is 10.1 Å². The molecule has 0 spiro atoms. The van der Waals surface area contributed by atoms with Gasteiger partial charge in [0.05, 0.1) is 19.6 Å². The summed E-state index contributed by atoms with van der Waals surface area (Å²) < 4.78 is 22.7. The van der Waals surface area contributed by atoms with Crippen molar-refractivity contribution in [1.82, 2.24) is 10.2 Å². The molecule has 192 valence electrons. The van der Waals surface area contributed by atoms with Crippen molar-refractivity contribution in [3.8, 4) is 5.75 Å². The van der Waals surface area contributed by atoms with E-state index in [-0.39, 0.29) is 26.0 Å². The average molecular weight is 497 g/mol. The minimum absolute atomic E-state index is 0.0195. The van der Waals surface area contributed by atoms with Crippen molar-refractivity contribution in [2.24, 2.45) is 0 Å². The molecule has 2 aliphatic rings. The van der Waals surface area contributed by atoms with Gasteiger partial charge in [0.15, 0.2) is 0 Å². The molecule has 2 fully saturated rings. The summed E-state index contributed by atoms with van der Waals surface area (Å²) in [4.78, 5) is 39.7. The first kappa shape index (κ1) is 25.5. The molecule has 0 aromatic heterocycles. The average Bonchev–Trinajstić information content (AvgIpc) is 3.41. The Labute approximate surface area is 210 Å². The van der Waals surface area contributed by atoms with Crippen molar-refractivity contribution >= 4 is 18.0 Å². The third kappa shape index (κ3) is 6.75. The third-order valence-corrected chi connectivity index (χ3v) is 5.79. The van der Waals surface area contributed by atoms with E-state index in [1.165, 1.54) is 4.90 Å². The van der Waals surface area contributed by atoms with E-state index in [0.717, 1.165) is 5.56 Å². The molecular weight excluding hydrogens is 464 g/mol. The number of ether oxygens (including phenoxy) is 4. The first-order valence-corrected chi connectivity index (χ1v) is 12.0. The minimum Gasteiger partial charge on any atom is -0.488 e. The second-order valence-corrected chi connectivity index (χ2v) is 9.91. The first-order valence-electron chi connectivity index (χ1n) is 12.0. The molecule has 2 amide bonds. The lowest BCUT2D eigenvalue weighted by Crippen LogP contribution is -2.51. The summed E-state index contributed by atoms with van der Waals surface area (Å²) in [6, 6.07) is 17.2. The minimum atomic E-state index is -0.922. The van der Waals surface area contributed by atoms with Gasteiger partial charge in [0.25, 0.3) is 0 Å². The molecule has 2 aliphatic heterocycles. The Bertz CT molecular complexity index is 1050. The SMILES string of the molecule is CC(C)(C)OC(=O)N1CC(Oc2ccccc2)C[C@H]1C(=O)N[C@H]1CC(=O)OC1OCc1ccccc1. The van der Waals surface area contributed by atoms with Gasteiger partial charge in [-0.1, -0.05) is 48.5 Å². The number of carbonyl (C=O) groups is 3. The molecule has 0 saturated carbocycles. The summed E-state index contributed by atoms with van der Waals surface area (Å²) in [5, 5.41) is 2.85. The highest BCUT2D eigenvalue weighted by atomic mass is 16.7. The number of nitrogens with one attached hydrogen (secondary N) is 1. The topological polar surface area (TPSA) is 103 Å². The summed E-state index contributed by atoms with van der Waals surface area (Å²) in [5.41, 5.74) is 0.191. The monoisotopic (exact) mass is 496 g/mol. The van der Waals surface area contributed by atoms with Crippen LogP contribution in [0.1, 0.15) is 39.2 Å². The molecule has 36 heavy (non-hydrogen) atoms. The molecule has 0 radical (unpaired) electrons. The molecule has 9 heteroatoms. The van der Waals surface area contributed by atoms with Gasteiger partial charge >= 0.3 is 12.1 Å². The van der Waals surface area contributed by atoms with E-state index in [4.69, 9.17) is 18.9 Å². The van der Waals surface area contributed by atoms with Gasteiger partial charge in [-0.3, -0.25) is 14.5 Å². The zero-order valence-corrected chi connectivity index (χ0v) is 20.7. The normalized spacial score (nSPS) is 23.8. The van der Waals surface area contributed by atoms with Gasteiger partial charge < -0.3 is 24.3 Å². The third-order valence-electron chi connectivity index (χ3n) is 5.79. The highest BCUT2D eigenvalue weighted by Crippen LogP contribution is 2.26. The maximum atomic E-state index is 13.4. The van der Waals surface area contributed by atoms with Crippen LogP contribution in [-0.4, -0.2) is 59.5 Å². The summed E-state index contributed by atoms with van der Waals surface area (Å²) >= 11 is 0. The lowest BCUT2D eigenvalue weighted by molar-refractivity contribution is -0.168. The van der Waals surface area contributed by atoms with Crippen LogP contribution in [0.5, 0.6) is 5.75 Å². The van der Waals surface area contributed by atoms with Crippen LogP contribution in [0.15, 0.2) is 60.7 Å². The van der Waals surface area contributed by atoms with E-state index in [1.54, 1.807) is 20.8 Å². The van der Waals surface area contributed by atoms with Gasteiger partial charge in [-0.15, -0.1) is 0 Å². The summed E-state index contributed by atoms with van der Waals surface area (Å²) in [6.45, 7) is 5.72. The number of benzene rings is 2. The number of hydrogen-bond acceptors (Lipinski definition) is 7. The summed E-state index contributed by atoms with van der Waals surface area (Å²) in [6.07, 6.45) is -1.67. The Balaban J connectivity index is 1.43. The van der Waals surface area contributed by atoms with Crippen molar-refractivity contribution < 1.29 is 33.3 Å². The zero-order valence-electron chi connectivity index (χ0n) is 20.7. The summed E-state index contributed by atoms with van der Waals surface area (Å²) in [7, 11) is 0. The van der Waals surface area contributed by atoms with E-state index < -0.39 is 48.0 Å². The number of nitrogens with zero attached hydrogens (tertiary/aromatic N) is 1.